The summed E-state index contributed by atoms with van der Waals surface area (Å²) < 4.78 is 10.6. The zero-order chi connectivity index (χ0) is 14.4. The first kappa shape index (κ1) is 14.8. The summed E-state index contributed by atoms with van der Waals surface area (Å²) >= 11 is 0. The van der Waals surface area contributed by atoms with Crippen LogP contribution in [0, 0.1) is 10.1 Å². The molecule has 0 aliphatic carbocycles. The molecular formula is C14H17NO4. The van der Waals surface area contributed by atoms with Crippen molar-refractivity contribution < 1.29 is 14.4 Å². The van der Waals surface area contributed by atoms with Crippen molar-refractivity contribution in [2.75, 3.05) is 14.2 Å². The third-order valence-corrected chi connectivity index (χ3v) is 2.64. The largest absolute Gasteiger partial charge is 0.496 e. The molecule has 0 fully saturated rings. The highest BCUT2D eigenvalue weighted by atomic mass is 16.6. The Morgan fingerprint density at radius 3 is 2.26 bits per heavy atom. The van der Waals surface area contributed by atoms with E-state index in [4.69, 9.17) is 9.47 Å². The van der Waals surface area contributed by atoms with E-state index in [1.807, 2.05) is 0 Å². The van der Waals surface area contributed by atoms with Crippen molar-refractivity contribution in [2.24, 2.45) is 0 Å². The lowest BCUT2D eigenvalue weighted by Gasteiger charge is -2.13. The summed E-state index contributed by atoms with van der Waals surface area (Å²) in [6.07, 6.45) is 3.82. The molecular weight excluding hydrogens is 246 g/mol. The van der Waals surface area contributed by atoms with Crippen molar-refractivity contribution in [3.05, 3.63) is 51.7 Å². The molecule has 0 saturated heterocycles. The van der Waals surface area contributed by atoms with E-state index < -0.39 is 4.92 Å². The predicted molar refractivity (Wildman–Crippen MR) is 74.1 cm³/mol. The van der Waals surface area contributed by atoms with Crippen LogP contribution < -0.4 is 9.47 Å². The average molecular weight is 263 g/mol. The van der Waals surface area contributed by atoms with Gasteiger partial charge >= 0.3 is 0 Å². The van der Waals surface area contributed by atoms with Gasteiger partial charge < -0.3 is 9.47 Å². The number of rotatable bonds is 6. The standard InChI is InChI=1S/C14H17NO4/c1-5-6-12-13(18-3)8-11(9-14(12)19-4)7-10(2)15(16)17/h5,7-9H,1,6H2,2-4H3. The molecule has 1 aromatic rings. The lowest BCUT2D eigenvalue weighted by Crippen LogP contribution is -1.98. The molecule has 0 N–H and O–H groups in total. The van der Waals surface area contributed by atoms with Gasteiger partial charge in [0.1, 0.15) is 11.5 Å². The van der Waals surface area contributed by atoms with Gasteiger partial charge in [0.15, 0.2) is 0 Å². The zero-order valence-electron chi connectivity index (χ0n) is 11.3. The van der Waals surface area contributed by atoms with Crippen LogP contribution >= 0.6 is 0 Å². The van der Waals surface area contributed by atoms with Crippen LogP contribution in [0.1, 0.15) is 18.1 Å². The van der Waals surface area contributed by atoms with Gasteiger partial charge in [-0.05, 0) is 24.1 Å². The first-order valence-corrected chi connectivity index (χ1v) is 5.72. The number of allylic oxidation sites excluding steroid dienone is 2. The molecule has 5 nitrogen and oxygen atoms in total. The van der Waals surface area contributed by atoms with Crippen molar-refractivity contribution in [3.8, 4) is 11.5 Å². The first-order chi connectivity index (χ1) is 9.03. The van der Waals surface area contributed by atoms with Crippen molar-refractivity contribution >= 4 is 6.08 Å². The summed E-state index contributed by atoms with van der Waals surface area (Å²) in [7, 11) is 3.10. The number of nitrogens with zero attached hydrogens (tertiary/aromatic N) is 1. The number of methoxy groups -OCH3 is 2. The number of ether oxygens (including phenoxy) is 2. The number of nitro groups is 1. The Labute approximate surface area is 112 Å². The third-order valence-electron chi connectivity index (χ3n) is 2.64. The van der Waals surface area contributed by atoms with Gasteiger partial charge in [-0.1, -0.05) is 6.08 Å². The van der Waals surface area contributed by atoms with Gasteiger partial charge in [-0.2, -0.15) is 0 Å². The maximum atomic E-state index is 10.6. The number of hydrogen-bond donors (Lipinski definition) is 0. The Kier molecular flexibility index (Phi) is 5.11. The minimum atomic E-state index is -0.434. The quantitative estimate of drug-likeness (QED) is 0.449. The van der Waals surface area contributed by atoms with Gasteiger partial charge in [0.2, 0.25) is 5.70 Å². The van der Waals surface area contributed by atoms with Crippen LogP contribution in [-0.4, -0.2) is 19.1 Å². The molecule has 0 aliphatic heterocycles. The van der Waals surface area contributed by atoms with Crippen molar-refractivity contribution in [1.82, 2.24) is 0 Å². The maximum absolute atomic E-state index is 10.6. The van der Waals surface area contributed by atoms with E-state index in [1.54, 1.807) is 32.4 Å². The van der Waals surface area contributed by atoms with Crippen LogP contribution in [0.4, 0.5) is 0 Å². The highest BCUT2D eigenvalue weighted by Gasteiger charge is 2.12. The van der Waals surface area contributed by atoms with Gasteiger partial charge in [0, 0.05) is 18.6 Å². The van der Waals surface area contributed by atoms with Crippen molar-refractivity contribution in [3.63, 3.8) is 0 Å². The molecule has 19 heavy (non-hydrogen) atoms. The summed E-state index contributed by atoms with van der Waals surface area (Å²) in [6, 6.07) is 3.49. The Hall–Kier alpha value is -2.30. The average Bonchev–Trinajstić information content (AvgIpc) is 2.39. The third kappa shape index (κ3) is 3.58. The van der Waals surface area contributed by atoms with Crippen molar-refractivity contribution in [1.29, 1.82) is 0 Å². The van der Waals surface area contributed by atoms with Gasteiger partial charge in [-0.3, -0.25) is 10.1 Å². The highest BCUT2D eigenvalue weighted by molar-refractivity contribution is 5.60. The molecule has 1 rings (SSSR count). The smallest absolute Gasteiger partial charge is 0.243 e. The van der Waals surface area contributed by atoms with Crippen LogP contribution in [0.5, 0.6) is 11.5 Å². The van der Waals surface area contributed by atoms with E-state index in [9.17, 15) is 10.1 Å². The normalized spacial score (nSPS) is 11.0. The minimum Gasteiger partial charge on any atom is -0.496 e. The van der Waals surface area contributed by atoms with E-state index in [-0.39, 0.29) is 5.70 Å². The van der Waals surface area contributed by atoms with E-state index in [0.717, 1.165) is 5.56 Å². The summed E-state index contributed by atoms with van der Waals surface area (Å²) in [4.78, 5) is 10.2. The van der Waals surface area contributed by atoms with E-state index in [2.05, 4.69) is 6.58 Å². The molecule has 0 atom stereocenters. The number of benzene rings is 1. The van der Waals surface area contributed by atoms with Gasteiger partial charge in [0.25, 0.3) is 0 Å². The Morgan fingerprint density at radius 1 is 1.37 bits per heavy atom. The van der Waals surface area contributed by atoms with E-state index in [1.165, 1.54) is 13.0 Å². The number of hydrogen-bond acceptors (Lipinski definition) is 4. The summed E-state index contributed by atoms with van der Waals surface area (Å²) in [5, 5.41) is 10.6. The van der Waals surface area contributed by atoms with E-state index >= 15 is 0 Å². The SMILES string of the molecule is C=CCc1c(OC)cc(C=C(C)[N+](=O)[O-])cc1OC. The summed E-state index contributed by atoms with van der Waals surface area (Å²) in [6.45, 7) is 5.13. The minimum absolute atomic E-state index is 0.0561. The molecule has 0 radical (unpaired) electrons. The molecule has 1 aromatic carbocycles. The molecule has 0 aliphatic rings. The second-order valence-corrected chi connectivity index (χ2v) is 3.94. The highest BCUT2D eigenvalue weighted by Crippen LogP contribution is 2.32. The lowest BCUT2D eigenvalue weighted by atomic mass is 10.0. The fraction of sp³-hybridized carbons (Fsp3) is 0.286. The lowest BCUT2D eigenvalue weighted by molar-refractivity contribution is -0.422. The van der Waals surface area contributed by atoms with Crippen LogP contribution in [0.2, 0.25) is 0 Å². The maximum Gasteiger partial charge on any atom is 0.243 e. The monoisotopic (exact) mass is 263 g/mol. The van der Waals surface area contributed by atoms with Crippen LogP contribution in [-0.2, 0) is 6.42 Å². The molecule has 0 heterocycles. The Balaban J connectivity index is 3.34. The fourth-order valence-electron chi connectivity index (χ4n) is 1.73. The molecule has 0 saturated carbocycles. The molecule has 0 unspecified atom stereocenters. The van der Waals surface area contributed by atoms with E-state index in [0.29, 0.717) is 23.5 Å². The van der Waals surface area contributed by atoms with Crippen LogP contribution in [0.3, 0.4) is 0 Å². The molecule has 5 heteroatoms. The van der Waals surface area contributed by atoms with Crippen LogP contribution in [0.15, 0.2) is 30.5 Å². The zero-order valence-corrected chi connectivity index (χ0v) is 11.3. The second-order valence-electron chi connectivity index (χ2n) is 3.94. The van der Waals surface area contributed by atoms with Gasteiger partial charge in [0.05, 0.1) is 19.1 Å². The molecule has 102 valence electrons. The molecule has 0 aromatic heterocycles. The van der Waals surface area contributed by atoms with Crippen LogP contribution in [0.25, 0.3) is 6.08 Å². The summed E-state index contributed by atoms with van der Waals surface area (Å²) in [5.74, 6) is 1.25. The fourth-order valence-corrected chi connectivity index (χ4v) is 1.73. The molecule has 0 spiro atoms. The molecule has 0 bridgehead atoms. The predicted octanol–water partition coefficient (Wildman–Crippen LogP) is 3.07. The second kappa shape index (κ2) is 6.58. The van der Waals surface area contributed by atoms with Gasteiger partial charge in [-0.15, -0.1) is 6.58 Å². The molecule has 0 amide bonds. The Bertz CT molecular complexity index is 495. The topological polar surface area (TPSA) is 61.6 Å². The van der Waals surface area contributed by atoms with Gasteiger partial charge in [-0.25, -0.2) is 0 Å². The Morgan fingerprint density at radius 2 is 1.89 bits per heavy atom. The van der Waals surface area contributed by atoms with Crippen molar-refractivity contribution in [2.45, 2.75) is 13.3 Å². The first-order valence-electron chi connectivity index (χ1n) is 5.72. The summed E-state index contributed by atoms with van der Waals surface area (Å²) in [5.41, 5.74) is 1.59.